The first-order valence-corrected chi connectivity index (χ1v) is 7.74. The van der Waals surface area contributed by atoms with Crippen LogP contribution in [0.5, 0.6) is 0 Å². The predicted octanol–water partition coefficient (Wildman–Crippen LogP) is 3.53. The molecule has 3 rings (SSSR count). The van der Waals surface area contributed by atoms with E-state index in [0.29, 0.717) is 17.1 Å². The lowest BCUT2D eigenvalue weighted by Gasteiger charge is -2.07. The highest BCUT2D eigenvalue weighted by Crippen LogP contribution is 2.27. The van der Waals surface area contributed by atoms with E-state index in [1.165, 1.54) is 17.1 Å². The Morgan fingerprint density at radius 3 is 3.00 bits per heavy atom. The summed E-state index contributed by atoms with van der Waals surface area (Å²) in [5.41, 5.74) is 2.73. The second-order valence-electron chi connectivity index (χ2n) is 4.70. The third kappa shape index (κ3) is 3.27. The van der Waals surface area contributed by atoms with Gasteiger partial charge in [-0.25, -0.2) is 4.98 Å². The van der Waals surface area contributed by atoms with Gasteiger partial charge >= 0.3 is 0 Å². The number of hydrogen-bond donors (Lipinski definition) is 1. The lowest BCUT2D eigenvalue weighted by atomic mass is 10.1. The first-order valence-electron chi connectivity index (χ1n) is 6.59. The number of halogens is 1. The molecule has 3 aromatic rings. The number of nitriles is 1. The fraction of sp³-hybridized carbons (Fsp3) is 0.133. The highest BCUT2D eigenvalue weighted by molar-refractivity contribution is 7.10. The topological polar surface area (TPSA) is 66.5 Å². The van der Waals surface area contributed by atoms with E-state index < -0.39 is 0 Å². The van der Waals surface area contributed by atoms with Crippen LogP contribution in [0.15, 0.2) is 43.0 Å². The number of nitrogens with one attached hydrogen (secondary N) is 1. The number of hydrogen-bond acceptors (Lipinski definition) is 5. The molecule has 0 aliphatic rings. The van der Waals surface area contributed by atoms with Crippen LogP contribution in [0.1, 0.15) is 16.7 Å². The van der Waals surface area contributed by atoms with Crippen molar-refractivity contribution >= 4 is 28.1 Å². The van der Waals surface area contributed by atoms with Crippen LogP contribution >= 0.6 is 23.1 Å². The molecule has 0 bridgehead atoms. The highest BCUT2D eigenvalue weighted by Gasteiger charge is 2.11. The summed E-state index contributed by atoms with van der Waals surface area (Å²) in [5, 5.41) is 13.2. The summed E-state index contributed by atoms with van der Waals surface area (Å²) in [4.78, 5) is 4.04. The van der Waals surface area contributed by atoms with Crippen molar-refractivity contribution in [1.29, 1.82) is 5.26 Å². The molecule has 0 aliphatic carbocycles. The zero-order chi connectivity index (χ0) is 15.4. The highest BCUT2D eigenvalue weighted by atomic mass is 35.5. The van der Waals surface area contributed by atoms with Crippen molar-refractivity contribution in [3.63, 3.8) is 0 Å². The minimum atomic E-state index is 0.254. The first-order chi connectivity index (χ1) is 10.8. The standard InChI is InChI=1S/C15H12ClN5S/c16-14-13(7-17)15(22-20-14)19-8-11-2-1-3-12(6-11)9-21-5-4-18-10-21/h1-6,10,19H,8-9H2. The summed E-state index contributed by atoms with van der Waals surface area (Å²) in [6.45, 7) is 1.40. The van der Waals surface area contributed by atoms with Gasteiger partial charge in [-0.2, -0.15) is 9.64 Å². The molecule has 110 valence electrons. The van der Waals surface area contributed by atoms with Gasteiger partial charge in [-0.1, -0.05) is 35.9 Å². The fourth-order valence-corrected chi connectivity index (χ4v) is 3.03. The van der Waals surface area contributed by atoms with Gasteiger partial charge in [0.25, 0.3) is 0 Å². The summed E-state index contributed by atoms with van der Waals surface area (Å²) < 4.78 is 6.00. The maximum absolute atomic E-state index is 9.06. The quantitative estimate of drug-likeness (QED) is 0.777. The molecule has 0 saturated heterocycles. The summed E-state index contributed by atoms with van der Waals surface area (Å²) in [7, 11) is 0. The Kier molecular flexibility index (Phi) is 4.37. The summed E-state index contributed by atoms with van der Waals surface area (Å²) in [5.74, 6) is 0. The van der Waals surface area contributed by atoms with E-state index in [1.54, 1.807) is 12.5 Å². The first kappa shape index (κ1) is 14.6. The van der Waals surface area contributed by atoms with E-state index in [9.17, 15) is 0 Å². The molecular formula is C15H12ClN5S. The Bertz CT molecular complexity index is 804. The van der Waals surface area contributed by atoms with Crippen molar-refractivity contribution in [2.45, 2.75) is 13.1 Å². The van der Waals surface area contributed by atoms with Gasteiger partial charge < -0.3 is 9.88 Å². The molecule has 7 heteroatoms. The number of nitrogens with zero attached hydrogens (tertiary/aromatic N) is 4. The van der Waals surface area contributed by atoms with Crippen LogP contribution in [0.3, 0.4) is 0 Å². The van der Waals surface area contributed by atoms with Crippen molar-refractivity contribution in [1.82, 2.24) is 13.9 Å². The average molecular weight is 330 g/mol. The fourth-order valence-electron chi connectivity index (χ4n) is 2.10. The smallest absolute Gasteiger partial charge is 0.162 e. The Morgan fingerprint density at radius 1 is 1.36 bits per heavy atom. The lowest BCUT2D eigenvalue weighted by molar-refractivity contribution is 0.796. The SMILES string of the molecule is N#Cc1c(Cl)nsc1NCc1cccc(Cn2ccnc2)c1. The van der Waals surface area contributed by atoms with Gasteiger partial charge in [0, 0.05) is 25.5 Å². The molecule has 1 aromatic carbocycles. The van der Waals surface area contributed by atoms with E-state index >= 15 is 0 Å². The van der Waals surface area contributed by atoms with E-state index in [1.807, 2.05) is 22.9 Å². The van der Waals surface area contributed by atoms with Crippen LogP contribution in [0, 0.1) is 11.3 Å². The Balaban J connectivity index is 1.69. The second kappa shape index (κ2) is 6.60. The van der Waals surface area contributed by atoms with Gasteiger partial charge in [-0.3, -0.25) is 0 Å². The number of benzene rings is 1. The minimum Gasteiger partial charge on any atom is -0.370 e. The molecule has 0 spiro atoms. The molecule has 5 nitrogen and oxygen atoms in total. The van der Waals surface area contributed by atoms with E-state index in [4.69, 9.17) is 16.9 Å². The Labute approximate surface area is 137 Å². The molecule has 0 fully saturated rings. The maximum atomic E-state index is 9.06. The van der Waals surface area contributed by atoms with Crippen molar-refractivity contribution in [2.75, 3.05) is 5.32 Å². The van der Waals surface area contributed by atoms with Crippen LogP contribution in [0.2, 0.25) is 5.15 Å². The van der Waals surface area contributed by atoms with Gasteiger partial charge in [-0.05, 0) is 22.7 Å². The largest absolute Gasteiger partial charge is 0.370 e. The van der Waals surface area contributed by atoms with Gasteiger partial charge in [0.15, 0.2) is 5.15 Å². The average Bonchev–Trinajstić information content (AvgIpc) is 3.15. The molecule has 0 radical (unpaired) electrons. The molecule has 0 amide bonds. The third-order valence-corrected chi connectivity index (χ3v) is 4.31. The molecule has 0 atom stereocenters. The molecule has 0 saturated carbocycles. The molecular weight excluding hydrogens is 318 g/mol. The van der Waals surface area contributed by atoms with Crippen LogP contribution < -0.4 is 5.32 Å². The molecule has 22 heavy (non-hydrogen) atoms. The number of anilines is 1. The molecule has 2 aromatic heterocycles. The van der Waals surface area contributed by atoms with Gasteiger partial charge in [0.05, 0.1) is 6.33 Å². The zero-order valence-electron chi connectivity index (χ0n) is 11.5. The van der Waals surface area contributed by atoms with Crippen molar-refractivity contribution < 1.29 is 0 Å². The molecule has 2 heterocycles. The second-order valence-corrected chi connectivity index (χ2v) is 5.83. The lowest BCUT2D eigenvalue weighted by Crippen LogP contribution is -2.01. The van der Waals surface area contributed by atoms with Gasteiger partial charge in [-0.15, -0.1) is 0 Å². The molecule has 0 aliphatic heterocycles. The monoisotopic (exact) mass is 329 g/mol. The van der Waals surface area contributed by atoms with Crippen LogP contribution in [0.25, 0.3) is 0 Å². The Hall–Kier alpha value is -2.36. The third-order valence-electron chi connectivity index (χ3n) is 3.13. The number of rotatable bonds is 5. The predicted molar refractivity (Wildman–Crippen MR) is 86.9 cm³/mol. The molecule has 0 unspecified atom stereocenters. The minimum absolute atomic E-state index is 0.254. The van der Waals surface area contributed by atoms with E-state index in [-0.39, 0.29) is 5.15 Å². The van der Waals surface area contributed by atoms with Gasteiger partial charge in [0.2, 0.25) is 0 Å². The van der Waals surface area contributed by atoms with Gasteiger partial charge in [0.1, 0.15) is 16.6 Å². The van der Waals surface area contributed by atoms with Crippen molar-refractivity contribution in [2.24, 2.45) is 0 Å². The Morgan fingerprint density at radius 2 is 2.23 bits per heavy atom. The molecule has 1 N–H and O–H groups in total. The van der Waals surface area contributed by atoms with Crippen molar-refractivity contribution in [3.05, 3.63) is 64.8 Å². The number of aromatic nitrogens is 3. The van der Waals surface area contributed by atoms with E-state index in [0.717, 1.165) is 12.1 Å². The number of imidazole rings is 1. The summed E-state index contributed by atoms with van der Waals surface area (Å²) in [6.07, 6.45) is 5.50. The van der Waals surface area contributed by atoms with Crippen LogP contribution in [-0.4, -0.2) is 13.9 Å². The van der Waals surface area contributed by atoms with Crippen LogP contribution in [0.4, 0.5) is 5.00 Å². The van der Waals surface area contributed by atoms with Crippen molar-refractivity contribution in [3.8, 4) is 6.07 Å². The van der Waals surface area contributed by atoms with E-state index in [2.05, 4.69) is 32.9 Å². The normalized spacial score (nSPS) is 10.4. The summed E-state index contributed by atoms with van der Waals surface area (Å²) >= 11 is 7.06. The summed E-state index contributed by atoms with van der Waals surface area (Å²) in [6, 6.07) is 10.3. The zero-order valence-corrected chi connectivity index (χ0v) is 13.1. The van der Waals surface area contributed by atoms with Crippen LogP contribution in [-0.2, 0) is 13.1 Å². The maximum Gasteiger partial charge on any atom is 0.162 e.